The molecule has 1 amide bonds. The molecule has 4 rings (SSSR count). The smallest absolute Gasteiger partial charge is 0.407 e. The number of aromatic amines is 1. The zero-order valence-corrected chi connectivity index (χ0v) is 16.3. The largest absolute Gasteiger partial charge is 0.489 e. The normalized spacial score (nSPS) is 13.1. The van der Waals surface area contributed by atoms with Crippen LogP contribution in [0, 0.1) is 0 Å². The number of hydrogen-bond donors (Lipinski definition) is 2. The van der Waals surface area contributed by atoms with Crippen LogP contribution in [0.1, 0.15) is 25.0 Å². The van der Waals surface area contributed by atoms with Crippen LogP contribution in [0.25, 0.3) is 22.5 Å². The Bertz CT molecular complexity index is 1050. The summed E-state index contributed by atoms with van der Waals surface area (Å²) in [5.41, 5.74) is 5.56. The first-order valence-corrected chi connectivity index (χ1v) is 9.40. The third kappa shape index (κ3) is 3.55. The van der Waals surface area contributed by atoms with E-state index >= 15 is 0 Å². The molecule has 0 aliphatic carbocycles. The third-order valence-electron chi connectivity index (χ3n) is 4.68. The van der Waals surface area contributed by atoms with E-state index in [0.717, 1.165) is 33.6 Å². The first kappa shape index (κ1) is 18.4. The van der Waals surface area contributed by atoms with Crippen molar-refractivity contribution >= 4 is 17.7 Å². The van der Waals surface area contributed by atoms with Crippen LogP contribution in [0.2, 0.25) is 5.02 Å². The number of benzene rings is 2. The zero-order valence-electron chi connectivity index (χ0n) is 15.6. The van der Waals surface area contributed by atoms with Crippen molar-refractivity contribution in [2.24, 2.45) is 0 Å². The molecule has 0 radical (unpaired) electrons. The molecule has 0 fully saturated rings. The summed E-state index contributed by atoms with van der Waals surface area (Å²) in [6, 6.07) is 13.5. The lowest BCUT2D eigenvalue weighted by Crippen LogP contribution is -2.22. The fourth-order valence-corrected chi connectivity index (χ4v) is 3.55. The Balaban J connectivity index is 1.58. The van der Waals surface area contributed by atoms with Gasteiger partial charge in [-0.05, 0) is 55.3 Å². The molecule has 0 saturated carbocycles. The number of H-pyrrole nitrogens is 1. The summed E-state index contributed by atoms with van der Waals surface area (Å²) in [5.74, 6) is 0.654. The van der Waals surface area contributed by atoms with E-state index in [9.17, 15) is 9.90 Å². The average Bonchev–Trinajstić information content (AvgIpc) is 3.29. The van der Waals surface area contributed by atoms with Gasteiger partial charge < -0.3 is 9.84 Å². The summed E-state index contributed by atoms with van der Waals surface area (Å²) in [6.07, 6.45) is -0.847. The van der Waals surface area contributed by atoms with Crippen LogP contribution in [0.15, 0.2) is 42.5 Å². The summed E-state index contributed by atoms with van der Waals surface area (Å²) in [5, 5.41) is 17.2. The van der Waals surface area contributed by atoms with Crippen LogP contribution in [-0.4, -0.2) is 32.4 Å². The van der Waals surface area contributed by atoms with Gasteiger partial charge >= 0.3 is 6.09 Å². The molecule has 0 unspecified atom stereocenters. The summed E-state index contributed by atoms with van der Waals surface area (Å²) in [6.45, 7) is 4.75. The standard InChI is InChI=1S/C21H20ClN3O3/c1-12(2)28-20-6-5-14(8-17(20)22)19-9-18(23-24-19)13-3-4-15-10-25(21(26)27)11-16(15)7-13/h3-9,12H,10-11H2,1-2H3,(H,23,24)(H,26,27). The summed E-state index contributed by atoms with van der Waals surface area (Å²) in [7, 11) is 0. The molecular weight excluding hydrogens is 378 g/mol. The van der Waals surface area contributed by atoms with Crippen LogP contribution in [0.4, 0.5) is 4.79 Å². The number of carbonyl (C=O) groups is 1. The van der Waals surface area contributed by atoms with Crippen molar-refractivity contribution in [3.05, 3.63) is 58.6 Å². The van der Waals surface area contributed by atoms with E-state index in [0.29, 0.717) is 23.9 Å². The van der Waals surface area contributed by atoms with Gasteiger partial charge in [-0.25, -0.2) is 4.79 Å². The fraction of sp³-hybridized carbons (Fsp3) is 0.238. The van der Waals surface area contributed by atoms with Gasteiger partial charge in [0.2, 0.25) is 0 Å². The summed E-state index contributed by atoms with van der Waals surface area (Å²) >= 11 is 6.34. The molecule has 2 aromatic carbocycles. The van der Waals surface area contributed by atoms with Crippen LogP contribution in [-0.2, 0) is 13.1 Å². The van der Waals surface area contributed by atoms with Gasteiger partial charge in [-0.15, -0.1) is 0 Å². The molecule has 1 aromatic heterocycles. The van der Waals surface area contributed by atoms with Crippen LogP contribution < -0.4 is 4.74 Å². The molecule has 3 aromatic rings. The number of nitrogens with one attached hydrogen (secondary N) is 1. The van der Waals surface area contributed by atoms with Gasteiger partial charge in [0.1, 0.15) is 5.75 Å². The second-order valence-corrected chi connectivity index (χ2v) is 7.51. The number of nitrogens with zero attached hydrogens (tertiary/aromatic N) is 2. The van der Waals surface area contributed by atoms with E-state index in [1.165, 1.54) is 4.90 Å². The lowest BCUT2D eigenvalue weighted by atomic mass is 10.0. The molecule has 6 nitrogen and oxygen atoms in total. The number of halogens is 1. The second-order valence-electron chi connectivity index (χ2n) is 7.10. The number of rotatable bonds is 4. The van der Waals surface area contributed by atoms with E-state index in [1.54, 1.807) is 0 Å². The molecule has 0 atom stereocenters. The van der Waals surface area contributed by atoms with E-state index in [2.05, 4.69) is 10.2 Å². The first-order valence-electron chi connectivity index (χ1n) is 9.03. The first-order chi connectivity index (χ1) is 13.4. The van der Waals surface area contributed by atoms with Crippen molar-refractivity contribution in [3.63, 3.8) is 0 Å². The third-order valence-corrected chi connectivity index (χ3v) is 4.97. The maximum atomic E-state index is 11.2. The van der Waals surface area contributed by atoms with Crippen molar-refractivity contribution < 1.29 is 14.6 Å². The number of amides is 1. The minimum absolute atomic E-state index is 0.0546. The number of fused-ring (bicyclic) bond motifs is 1. The fourth-order valence-electron chi connectivity index (χ4n) is 3.32. The van der Waals surface area contributed by atoms with Gasteiger partial charge in [0, 0.05) is 24.2 Å². The maximum Gasteiger partial charge on any atom is 0.407 e. The number of hydrogen-bond acceptors (Lipinski definition) is 3. The Morgan fingerprint density at radius 3 is 2.61 bits per heavy atom. The Morgan fingerprint density at radius 2 is 1.89 bits per heavy atom. The van der Waals surface area contributed by atoms with Crippen molar-refractivity contribution in [1.82, 2.24) is 15.1 Å². The predicted molar refractivity (Wildman–Crippen MR) is 108 cm³/mol. The molecule has 1 aliphatic heterocycles. The predicted octanol–water partition coefficient (Wildman–Crippen LogP) is 5.18. The molecule has 144 valence electrons. The molecule has 28 heavy (non-hydrogen) atoms. The number of carboxylic acid groups (broad SMARTS) is 1. The zero-order chi connectivity index (χ0) is 19.8. The minimum atomic E-state index is -0.901. The summed E-state index contributed by atoms with van der Waals surface area (Å²) in [4.78, 5) is 12.6. The monoisotopic (exact) mass is 397 g/mol. The topological polar surface area (TPSA) is 78.4 Å². The van der Waals surface area contributed by atoms with Crippen molar-refractivity contribution in [1.29, 1.82) is 0 Å². The van der Waals surface area contributed by atoms with E-state index in [-0.39, 0.29) is 6.10 Å². The van der Waals surface area contributed by atoms with Gasteiger partial charge in [-0.1, -0.05) is 23.7 Å². The Morgan fingerprint density at radius 1 is 1.14 bits per heavy atom. The van der Waals surface area contributed by atoms with Gasteiger partial charge in [0.15, 0.2) is 0 Å². The number of ether oxygens (including phenoxy) is 1. The highest BCUT2D eigenvalue weighted by molar-refractivity contribution is 6.32. The molecule has 1 aliphatic rings. The van der Waals surface area contributed by atoms with Crippen LogP contribution >= 0.6 is 11.6 Å². The van der Waals surface area contributed by atoms with Gasteiger partial charge in [0.25, 0.3) is 0 Å². The quantitative estimate of drug-likeness (QED) is 0.635. The van der Waals surface area contributed by atoms with Crippen molar-refractivity contribution in [3.8, 4) is 28.3 Å². The molecule has 0 saturated heterocycles. The average molecular weight is 398 g/mol. The summed E-state index contributed by atoms with van der Waals surface area (Å²) < 4.78 is 5.67. The molecule has 0 spiro atoms. The molecule has 2 heterocycles. The maximum absolute atomic E-state index is 11.2. The highest BCUT2D eigenvalue weighted by Crippen LogP contribution is 2.33. The van der Waals surface area contributed by atoms with Gasteiger partial charge in [0.05, 0.1) is 22.5 Å². The van der Waals surface area contributed by atoms with Crippen LogP contribution in [0.3, 0.4) is 0 Å². The molecule has 7 heteroatoms. The highest BCUT2D eigenvalue weighted by Gasteiger charge is 2.23. The second kappa shape index (κ2) is 7.20. The van der Waals surface area contributed by atoms with Gasteiger partial charge in [-0.3, -0.25) is 10.00 Å². The molecule has 2 N–H and O–H groups in total. The van der Waals surface area contributed by atoms with E-state index in [4.69, 9.17) is 16.3 Å². The SMILES string of the molecule is CC(C)Oc1ccc(-c2cc(-c3ccc4c(c3)CN(C(=O)O)C4)n[nH]2)cc1Cl. The lowest BCUT2D eigenvalue weighted by molar-refractivity contribution is 0.145. The minimum Gasteiger partial charge on any atom is -0.489 e. The Labute approximate surface area is 167 Å². The van der Waals surface area contributed by atoms with E-state index < -0.39 is 6.09 Å². The Hall–Kier alpha value is -2.99. The highest BCUT2D eigenvalue weighted by atomic mass is 35.5. The Kier molecular flexibility index (Phi) is 4.73. The van der Waals surface area contributed by atoms with Crippen molar-refractivity contribution in [2.75, 3.05) is 0 Å². The van der Waals surface area contributed by atoms with E-state index in [1.807, 2.05) is 56.3 Å². The molecule has 0 bridgehead atoms. The lowest BCUT2D eigenvalue weighted by Gasteiger charge is -2.11. The van der Waals surface area contributed by atoms with Gasteiger partial charge in [-0.2, -0.15) is 5.10 Å². The number of aromatic nitrogens is 2. The van der Waals surface area contributed by atoms with Crippen molar-refractivity contribution in [2.45, 2.75) is 33.0 Å². The molecular formula is C21H20ClN3O3. The van der Waals surface area contributed by atoms with Crippen LogP contribution in [0.5, 0.6) is 5.75 Å².